The molecule has 8 nitrogen and oxygen atoms in total. The number of aromatic nitrogens is 5. The number of benzene rings is 1. The number of fused-ring (bicyclic) bond motifs is 2. The zero-order chi connectivity index (χ0) is 23.9. The number of allylic oxidation sites excluding steroid dienone is 1. The van der Waals surface area contributed by atoms with Gasteiger partial charge in [0.15, 0.2) is 5.65 Å². The van der Waals surface area contributed by atoms with Crippen molar-refractivity contribution in [3.05, 3.63) is 82.6 Å². The van der Waals surface area contributed by atoms with Gasteiger partial charge in [-0.1, -0.05) is 12.1 Å². The summed E-state index contributed by atoms with van der Waals surface area (Å²) < 4.78 is 30.8. The highest BCUT2D eigenvalue weighted by Crippen LogP contribution is 2.27. The van der Waals surface area contributed by atoms with Crippen LogP contribution < -0.4 is 16.2 Å². The highest BCUT2D eigenvalue weighted by atomic mass is 19.3. The fourth-order valence-corrected chi connectivity index (χ4v) is 4.12. The number of nitrogens with zero attached hydrogens (tertiary/aromatic N) is 5. The van der Waals surface area contributed by atoms with Crippen molar-refractivity contribution in [2.24, 2.45) is 0 Å². The Hall–Kier alpha value is -3.92. The van der Waals surface area contributed by atoms with Gasteiger partial charge in [0.25, 0.3) is 11.5 Å². The van der Waals surface area contributed by atoms with Crippen LogP contribution in [0.2, 0.25) is 0 Å². The number of hydrogen-bond acceptors (Lipinski definition) is 6. The van der Waals surface area contributed by atoms with Gasteiger partial charge in [0.2, 0.25) is 5.95 Å². The number of anilines is 2. The number of alkyl halides is 2. The van der Waals surface area contributed by atoms with Crippen molar-refractivity contribution >= 4 is 22.7 Å². The van der Waals surface area contributed by atoms with Crippen LogP contribution in [0.4, 0.5) is 20.4 Å². The molecule has 5 rings (SSSR count). The molecule has 0 spiro atoms. The van der Waals surface area contributed by atoms with Crippen molar-refractivity contribution < 1.29 is 8.78 Å². The van der Waals surface area contributed by atoms with Crippen molar-refractivity contribution in [3.63, 3.8) is 0 Å². The van der Waals surface area contributed by atoms with E-state index in [4.69, 9.17) is 0 Å². The third-order valence-electron chi connectivity index (χ3n) is 5.76. The number of halogens is 2. The van der Waals surface area contributed by atoms with E-state index in [0.717, 1.165) is 32.1 Å². The Kier molecular flexibility index (Phi) is 5.45. The second-order valence-corrected chi connectivity index (χ2v) is 8.24. The molecule has 0 amide bonds. The van der Waals surface area contributed by atoms with E-state index in [1.54, 1.807) is 12.1 Å². The summed E-state index contributed by atoms with van der Waals surface area (Å²) >= 11 is 0. The lowest BCUT2D eigenvalue weighted by Gasteiger charge is -2.18. The van der Waals surface area contributed by atoms with E-state index >= 15 is 0 Å². The SMILES string of the molecule is C=CCn1c(=O)c2cnc(Nc3ccc4c(c3)CNCC4)nc2n1-c1ccnc(C(C)(F)F)c1. The zero-order valence-electron chi connectivity index (χ0n) is 18.6. The van der Waals surface area contributed by atoms with Crippen LogP contribution >= 0.6 is 0 Å². The minimum absolute atomic E-state index is 0.163. The van der Waals surface area contributed by atoms with Gasteiger partial charge in [-0.05, 0) is 48.4 Å². The Morgan fingerprint density at radius 2 is 2.09 bits per heavy atom. The molecule has 0 saturated heterocycles. The van der Waals surface area contributed by atoms with Gasteiger partial charge in [-0.3, -0.25) is 9.78 Å². The summed E-state index contributed by atoms with van der Waals surface area (Å²) in [5.41, 5.74) is 3.21. The van der Waals surface area contributed by atoms with E-state index in [1.165, 1.54) is 39.0 Å². The molecule has 0 fully saturated rings. The minimum atomic E-state index is -3.13. The summed E-state index contributed by atoms with van der Waals surface area (Å²) in [6.07, 6.45) is 5.27. The quantitative estimate of drug-likeness (QED) is 0.424. The van der Waals surface area contributed by atoms with Crippen molar-refractivity contribution in [2.45, 2.75) is 32.4 Å². The summed E-state index contributed by atoms with van der Waals surface area (Å²) in [6, 6.07) is 8.90. The van der Waals surface area contributed by atoms with Crippen LogP contribution in [0.5, 0.6) is 0 Å². The molecule has 1 aliphatic rings. The normalized spacial score (nSPS) is 13.6. The maximum absolute atomic E-state index is 13.9. The highest BCUT2D eigenvalue weighted by molar-refractivity contribution is 5.77. The molecule has 0 aliphatic carbocycles. The van der Waals surface area contributed by atoms with Crippen molar-refractivity contribution in [2.75, 3.05) is 11.9 Å². The van der Waals surface area contributed by atoms with Crippen LogP contribution in [0, 0.1) is 0 Å². The summed E-state index contributed by atoms with van der Waals surface area (Å²) in [6.45, 7) is 6.40. The van der Waals surface area contributed by atoms with Gasteiger partial charge in [0.1, 0.15) is 11.1 Å². The summed E-state index contributed by atoms with van der Waals surface area (Å²) in [7, 11) is 0. The number of rotatable bonds is 6. The third-order valence-corrected chi connectivity index (χ3v) is 5.76. The smallest absolute Gasteiger partial charge is 0.287 e. The van der Waals surface area contributed by atoms with Gasteiger partial charge in [0.05, 0.1) is 12.2 Å². The molecule has 0 radical (unpaired) electrons. The molecule has 0 bridgehead atoms. The fraction of sp³-hybridized carbons (Fsp3) is 0.250. The molecule has 0 atom stereocenters. The average molecular weight is 463 g/mol. The molecule has 174 valence electrons. The first-order valence-electron chi connectivity index (χ1n) is 10.9. The number of pyridine rings is 1. The predicted octanol–water partition coefficient (Wildman–Crippen LogP) is 3.66. The van der Waals surface area contributed by atoms with E-state index < -0.39 is 11.6 Å². The number of nitrogens with one attached hydrogen (secondary N) is 2. The van der Waals surface area contributed by atoms with Crippen LogP contribution in [0.15, 0.2) is 60.2 Å². The van der Waals surface area contributed by atoms with Gasteiger partial charge in [-0.2, -0.15) is 13.8 Å². The standard InChI is InChI=1S/C24H23F2N7O/c1-3-10-32-22(34)19-14-29-23(30-17-5-4-15-6-8-27-13-16(15)11-17)31-21(19)33(32)18-7-9-28-20(12-18)24(2,25)26/h3-5,7,9,11-12,14,27H,1,6,8,10,13H2,2H3,(H,29,30,31). The van der Waals surface area contributed by atoms with Crippen molar-refractivity contribution in [3.8, 4) is 5.69 Å². The maximum atomic E-state index is 13.9. The molecule has 3 aromatic heterocycles. The lowest BCUT2D eigenvalue weighted by molar-refractivity contribution is 0.0127. The molecule has 4 heterocycles. The predicted molar refractivity (Wildman–Crippen MR) is 126 cm³/mol. The fourth-order valence-electron chi connectivity index (χ4n) is 4.12. The van der Waals surface area contributed by atoms with Crippen LogP contribution in [0.1, 0.15) is 23.7 Å². The Balaban J connectivity index is 1.62. The summed E-state index contributed by atoms with van der Waals surface area (Å²) in [5.74, 6) is -2.85. The molecule has 4 aromatic rings. The Bertz CT molecular complexity index is 1450. The van der Waals surface area contributed by atoms with Crippen LogP contribution in [0.25, 0.3) is 16.7 Å². The van der Waals surface area contributed by atoms with Crippen molar-refractivity contribution in [1.82, 2.24) is 29.6 Å². The van der Waals surface area contributed by atoms with E-state index in [-0.39, 0.29) is 23.4 Å². The van der Waals surface area contributed by atoms with Crippen LogP contribution in [0.3, 0.4) is 0 Å². The Morgan fingerprint density at radius 3 is 2.88 bits per heavy atom. The van der Waals surface area contributed by atoms with Gasteiger partial charge in [0, 0.05) is 31.5 Å². The third kappa shape index (κ3) is 3.96. The van der Waals surface area contributed by atoms with E-state index in [2.05, 4.69) is 38.2 Å². The van der Waals surface area contributed by atoms with Gasteiger partial charge < -0.3 is 10.6 Å². The van der Waals surface area contributed by atoms with E-state index in [0.29, 0.717) is 11.3 Å². The first-order chi connectivity index (χ1) is 16.3. The minimum Gasteiger partial charge on any atom is -0.324 e. The van der Waals surface area contributed by atoms with Crippen LogP contribution in [-0.2, 0) is 25.4 Å². The average Bonchev–Trinajstić information content (AvgIpc) is 3.10. The molecule has 0 unspecified atom stereocenters. The summed E-state index contributed by atoms with van der Waals surface area (Å²) in [5, 5.41) is 6.81. The lowest BCUT2D eigenvalue weighted by Crippen LogP contribution is -2.23. The highest BCUT2D eigenvalue weighted by Gasteiger charge is 2.27. The van der Waals surface area contributed by atoms with E-state index in [1.807, 2.05) is 12.1 Å². The van der Waals surface area contributed by atoms with Crippen molar-refractivity contribution in [1.29, 1.82) is 0 Å². The second kappa shape index (κ2) is 8.45. The van der Waals surface area contributed by atoms with Crippen LogP contribution in [-0.4, -0.2) is 30.9 Å². The monoisotopic (exact) mass is 463 g/mol. The Morgan fingerprint density at radius 1 is 1.24 bits per heavy atom. The largest absolute Gasteiger partial charge is 0.324 e. The first kappa shape index (κ1) is 21.9. The van der Waals surface area contributed by atoms with Gasteiger partial charge in [-0.15, -0.1) is 6.58 Å². The lowest BCUT2D eigenvalue weighted by atomic mass is 10.0. The molecule has 10 heteroatoms. The molecule has 34 heavy (non-hydrogen) atoms. The maximum Gasteiger partial charge on any atom is 0.287 e. The molecular formula is C24H23F2N7O. The molecule has 1 aliphatic heterocycles. The topological polar surface area (TPSA) is 89.7 Å². The molecular weight excluding hydrogens is 440 g/mol. The molecule has 2 N–H and O–H groups in total. The zero-order valence-corrected chi connectivity index (χ0v) is 18.6. The van der Waals surface area contributed by atoms with E-state index in [9.17, 15) is 13.6 Å². The molecule has 1 aromatic carbocycles. The second-order valence-electron chi connectivity index (χ2n) is 8.24. The Labute approximate surface area is 194 Å². The first-order valence-corrected chi connectivity index (χ1v) is 10.9. The summed E-state index contributed by atoms with van der Waals surface area (Å²) in [4.78, 5) is 25.7. The number of hydrogen-bond donors (Lipinski definition) is 2. The van der Waals surface area contributed by atoms with Gasteiger partial charge in [-0.25, -0.2) is 14.3 Å². The van der Waals surface area contributed by atoms with Gasteiger partial charge >= 0.3 is 0 Å². The molecule has 0 saturated carbocycles.